The second kappa shape index (κ2) is 12.2. The first-order valence-corrected chi connectivity index (χ1v) is 13.4. The first-order chi connectivity index (χ1) is 18.2. The number of nitrogens with two attached hydrogens (primary N) is 1. The van der Waals surface area contributed by atoms with Crippen molar-refractivity contribution in [3.8, 4) is 0 Å². The van der Waals surface area contributed by atoms with Crippen LogP contribution in [0.1, 0.15) is 29.9 Å². The average Bonchev–Trinajstić information content (AvgIpc) is 3.45. The number of rotatable bonds is 11. The lowest BCUT2D eigenvalue weighted by molar-refractivity contribution is -0.138. The number of aliphatic hydroxyl groups is 2. The molecule has 15 heteroatoms. The number of carboxylic acid groups (broad SMARTS) is 1. The fourth-order valence-corrected chi connectivity index (χ4v) is 5.19. The van der Waals surface area contributed by atoms with E-state index in [4.69, 9.17) is 27.2 Å². The van der Waals surface area contributed by atoms with Crippen LogP contribution in [-0.2, 0) is 9.53 Å². The van der Waals surface area contributed by atoms with Gasteiger partial charge in [0.05, 0.1) is 12.4 Å². The number of thioether (sulfide) groups is 1. The van der Waals surface area contributed by atoms with Crippen LogP contribution in [-0.4, -0.2) is 89.1 Å². The van der Waals surface area contributed by atoms with Crippen molar-refractivity contribution in [1.82, 2.24) is 24.9 Å². The minimum atomic E-state index is -1.29. The van der Waals surface area contributed by atoms with Crippen LogP contribution >= 0.6 is 23.4 Å². The second-order valence-electron chi connectivity index (χ2n) is 8.55. The van der Waals surface area contributed by atoms with E-state index in [1.807, 2.05) is 13.0 Å². The van der Waals surface area contributed by atoms with E-state index in [1.54, 1.807) is 24.3 Å². The van der Waals surface area contributed by atoms with E-state index < -0.39 is 36.6 Å². The number of fused-ring (bicyclic) bond motifs is 1. The minimum absolute atomic E-state index is 0.114. The van der Waals surface area contributed by atoms with E-state index in [9.17, 15) is 19.8 Å². The molecule has 0 aliphatic carbocycles. The SMILES string of the molecule is CCN(NC(=O)c1ccccc1)c1nc(Cl)nc2c1ncn2[C@@H]1O[C@H](CSCCC(N)C(=O)O)[C@H](O)[C@H]1O. The standard InChI is InChI=1S/C23H28ClN7O6S/c1-2-31(29-20(34)12-6-4-3-5-7-12)19-15-18(27-23(24)28-19)30(11-26-15)21-17(33)16(32)14(37-21)10-38-9-8-13(25)22(35)36/h3-7,11,13-14,16-17,21,32-33H,2,8-10,25H2,1H3,(H,29,34)(H,35,36)/t13?,14-,16+,17-,21-/m1/s1. The number of ether oxygens (including phenoxy) is 1. The van der Waals surface area contributed by atoms with Crippen molar-refractivity contribution in [2.45, 2.75) is 43.9 Å². The molecule has 5 atom stereocenters. The maximum absolute atomic E-state index is 12.7. The zero-order chi connectivity index (χ0) is 27.4. The third-order valence-corrected chi connectivity index (χ3v) is 7.26. The van der Waals surface area contributed by atoms with Crippen LogP contribution in [0.4, 0.5) is 5.82 Å². The minimum Gasteiger partial charge on any atom is -0.480 e. The number of hydrogen-bond acceptors (Lipinski definition) is 11. The smallest absolute Gasteiger partial charge is 0.320 e. The Bertz CT molecular complexity index is 1280. The van der Waals surface area contributed by atoms with Gasteiger partial charge >= 0.3 is 5.97 Å². The van der Waals surface area contributed by atoms with Crippen molar-refractivity contribution >= 4 is 52.2 Å². The number of imidazole rings is 1. The van der Waals surface area contributed by atoms with Crippen LogP contribution in [0.2, 0.25) is 5.28 Å². The summed E-state index contributed by atoms with van der Waals surface area (Å²) in [7, 11) is 0. The Balaban J connectivity index is 1.52. The second-order valence-corrected chi connectivity index (χ2v) is 10.0. The number of nitrogens with zero attached hydrogens (tertiary/aromatic N) is 5. The molecule has 1 aliphatic heterocycles. The Kier molecular flexibility index (Phi) is 9.02. The van der Waals surface area contributed by atoms with Crippen LogP contribution < -0.4 is 16.2 Å². The number of carbonyl (C=O) groups is 2. The summed E-state index contributed by atoms with van der Waals surface area (Å²) in [6.07, 6.45) is -2.59. The number of hydrazine groups is 1. The monoisotopic (exact) mass is 565 g/mol. The molecule has 1 fully saturated rings. The van der Waals surface area contributed by atoms with Gasteiger partial charge in [0.2, 0.25) is 5.28 Å². The zero-order valence-electron chi connectivity index (χ0n) is 20.3. The van der Waals surface area contributed by atoms with Crippen molar-refractivity contribution in [3.63, 3.8) is 0 Å². The number of carboxylic acids is 1. The molecule has 204 valence electrons. The molecule has 13 nitrogen and oxygen atoms in total. The average molecular weight is 566 g/mol. The van der Waals surface area contributed by atoms with Crippen LogP contribution in [0, 0.1) is 0 Å². The number of benzene rings is 1. The van der Waals surface area contributed by atoms with Gasteiger partial charge in [0.1, 0.15) is 18.2 Å². The van der Waals surface area contributed by atoms with Crippen molar-refractivity contribution < 1.29 is 29.6 Å². The third kappa shape index (κ3) is 6.00. The van der Waals surface area contributed by atoms with E-state index in [0.717, 1.165) is 0 Å². The Hall–Kier alpha value is -3.01. The van der Waals surface area contributed by atoms with Crippen molar-refractivity contribution in [2.24, 2.45) is 5.73 Å². The van der Waals surface area contributed by atoms with Crippen LogP contribution in [0.25, 0.3) is 11.2 Å². The summed E-state index contributed by atoms with van der Waals surface area (Å²) in [6.45, 7) is 2.15. The molecule has 3 heterocycles. The molecule has 1 unspecified atom stereocenters. The molecule has 1 aliphatic rings. The van der Waals surface area contributed by atoms with Crippen LogP contribution in [0.3, 0.4) is 0 Å². The fraction of sp³-hybridized carbons (Fsp3) is 0.435. The van der Waals surface area contributed by atoms with Crippen LogP contribution in [0.15, 0.2) is 36.7 Å². The van der Waals surface area contributed by atoms with Crippen molar-refractivity contribution in [2.75, 3.05) is 23.1 Å². The number of aliphatic carboxylic acids is 1. The van der Waals surface area contributed by atoms with E-state index in [2.05, 4.69) is 20.4 Å². The Morgan fingerprint density at radius 3 is 2.68 bits per heavy atom. The molecular weight excluding hydrogens is 538 g/mol. The van der Waals surface area contributed by atoms with Gasteiger partial charge in [-0.25, -0.2) is 4.98 Å². The number of carbonyl (C=O) groups excluding carboxylic acids is 1. The number of nitrogens with one attached hydrogen (secondary N) is 1. The van der Waals surface area contributed by atoms with E-state index >= 15 is 0 Å². The molecule has 38 heavy (non-hydrogen) atoms. The first kappa shape index (κ1) is 28.0. The first-order valence-electron chi connectivity index (χ1n) is 11.8. The molecule has 0 saturated carbocycles. The topological polar surface area (TPSA) is 189 Å². The lowest BCUT2D eigenvalue weighted by Crippen LogP contribution is -2.43. The molecule has 0 radical (unpaired) electrons. The molecule has 0 bridgehead atoms. The summed E-state index contributed by atoms with van der Waals surface area (Å²) in [5, 5.41) is 31.6. The summed E-state index contributed by atoms with van der Waals surface area (Å²) in [4.78, 5) is 36.5. The summed E-state index contributed by atoms with van der Waals surface area (Å²) in [5.41, 5.74) is 9.31. The molecule has 6 N–H and O–H groups in total. The van der Waals surface area contributed by atoms with Gasteiger partial charge in [-0.2, -0.15) is 21.7 Å². The molecule has 2 aromatic heterocycles. The molecule has 1 saturated heterocycles. The number of amides is 1. The molecular formula is C23H28ClN7O6S. The third-order valence-electron chi connectivity index (χ3n) is 6.00. The maximum atomic E-state index is 12.7. The molecule has 1 amide bonds. The molecule has 4 rings (SSSR count). The largest absolute Gasteiger partial charge is 0.480 e. The fourth-order valence-electron chi connectivity index (χ4n) is 3.94. The Morgan fingerprint density at radius 2 is 2.00 bits per heavy atom. The quantitative estimate of drug-likeness (QED) is 0.125. The number of hydrogen-bond donors (Lipinski definition) is 5. The van der Waals surface area contributed by atoms with E-state index in [1.165, 1.54) is 27.7 Å². The molecule has 0 spiro atoms. The highest BCUT2D eigenvalue weighted by molar-refractivity contribution is 7.99. The summed E-state index contributed by atoms with van der Waals surface area (Å²) in [5.74, 6) is -0.420. The van der Waals surface area contributed by atoms with Gasteiger partial charge in [-0.15, -0.1) is 0 Å². The Morgan fingerprint density at radius 1 is 1.26 bits per heavy atom. The van der Waals surface area contributed by atoms with E-state index in [0.29, 0.717) is 29.1 Å². The van der Waals surface area contributed by atoms with Gasteiger partial charge in [0.25, 0.3) is 5.91 Å². The van der Waals surface area contributed by atoms with Gasteiger partial charge in [-0.3, -0.25) is 24.6 Å². The summed E-state index contributed by atoms with van der Waals surface area (Å²) >= 11 is 7.59. The predicted octanol–water partition coefficient (Wildman–Crippen LogP) is 0.805. The predicted molar refractivity (Wildman–Crippen MR) is 141 cm³/mol. The lowest BCUT2D eigenvalue weighted by Gasteiger charge is -2.23. The highest BCUT2D eigenvalue weighted by atomic mass is 35.5. The number of halogens is 1. The number of aromatic nitrogens is 4. The van der Waals surface area contributed by atoms with Gasteiger partial charge in [-0.1, -0.05) is 18.2 Å². The van der Waals surface area contributed by atoms with Crippen molar-refractivity contribution in [3.05, 3.63) is 47.5 Å². The highest BCUT2D eigenvalue weighted by Gasteiger charge is 2.44. The van der Waals surface area contributed by atoms with Crippen LogP contribution in [0.5, 0.6) is 0 Å². The summed E-state index contributed by atoms with van der Waals surface area (Å²) in [6, 6.07) is 7.71. The number of anilines is 1. The van der Waals surface area contributed by atoms with Gasteiger partial charge in [-0.05, 0) is 42.8 Å². The zero-order valence-corrected chi connectivity index (χ0v) is 21.9. The van der Waals surface area contributed by atoms with Gasteiger partial charge in [0.15, 0.2) is 23.2 Å². The van der Waals surface area contributed by atoms with E-state index in [-0.39, 0.29) is 29.1 Å². The normalized spacial score (nSPS) is 21.9. The lowest BCUT2D eigenvalue weighted by atomic mass is 10.1. The molecule has 1 aromatic carbocycles. The van der Waals surface area contributed by atoms with Crippen molar-refractivity contribution in [1.29, 1.82) is 0 Å². The van der Waals surface area contributed by atoms with Gasteiger partial charge < -0.3 is 25.8 Å². The summed E-state index contributed by atoms with van der Waals surface area (Å²) < 4.78 is 7.41. The number of aliphatic hydroxyl groups excluding tert-OH is 2. The maximum Gasteiger partial charge on any atom is 0.320 e. The highest BCUT2D eigenvalue weighted by Crippen LogP contribution is 2.34. The molecule has 3 aromatic rings. The Labute approximate surface area is 226 Å². The van der Waals surface area contributed by atoms with Gasteiger partial charge in [0, 0.05) is 17.9 Å².